The number of benzene rings is 3. The molecule has 1 aromatic heterocycles. The van der Waals surface area contributed by atoms with Crippen LogP contribution in [0.5, 0.6) is 0 Å². The zero-order chi connectivity index (χ0) is 24.7. The van der Waals surface area contributed by atoms with Gasteiger partial charge in [-0.15, -0.1) is 6.42 Å². The second kappa shape index (κ2) is 8.84. The molecule has 1 amide bonds. The van der Waals surface area contributed by atoms with Crippen molar-refractivity contribution in [2.45, 2.75) is 31.7 Å². The first kappa shape index (κ1) is 23.1. The van der Waals surface area contributed by atoms with E-state index in [0.29, 0.717) is 35.6 Å². The van der Waals surface area contributed by atoms with Gasteiger partial charge in [-0.05, 0) is 73.4 Å². The normalized spacial score (nSPS) is 13.7. The number of hydrogen-bond donors (Lipinski definition) is 0. The van der Waals surface area contributed by atoms with Gasteiger partial charge in [-0.25, -0.2) is 8.42 Å². The van der Waals surface area contributed by atoms with E-state index >= 15 is 0 Å². The first-order valence-corrected chi connectivity index (χ1v) is 13.4. The summed E-state index contributed by atoms with van der Waals surface area (Å²) in [5.41, 5.74) is 5.18. The number of fused-ring (bicyclic) bond motifs is 2. The average molecular weight is 502 g/mol. The molecule has 0 saturated carbocycles. The summed E-state index contributed by atoms with van der Waals surface area (Å²) >= 11 is 1.42. The van der Waals surface area contributed by atoms with Gasteiger partial charge in [0, 0.05) is 12.1 Å². The highest BCUT2D eigenvalue weighted by atomic mass is 32.2. The van der Waals surface area contributed by atoms with Crippen LogP contribution in [0, 0.1) is 26.2 Å². The number of para-hydroxylation sites is 1. The number of nitrogens with zero attached hydrogens (tertiary/aromatic N) is 3. The van der Waals surface area contributed by atoms with Gasteiger partial charge >= 0.3 is 0 Å². The number of rotatable bonds is 4. The Bertz CT molecular complexity index is 1690. The number of thiazole rings is 1. The molecule has 0 spiro atoms. The first-order valence-electron chi connectivity index (χ1n) is 11.1. The van der Waals surface area contributed by atoms with Gasteiger partial charge < -0.3 is 4.57 Å². The molecule has 0 saturated heterocycles. The van der Waals surface area contributed by atoms with Crippen LogP contribution in [0.1, 0.15) is 27.0 Å². The van der Waals surface area contributed by atoms with E-state index in [9.17, 15) is 13.2 Å². The highest BCUT2D eigenvalue weighted by Crippen LogP contribution is 2.32. The van der Waals surface area contributed by atoms with Crippen molar-refractivity contribution < 1.29 is 13.2 Å². The van der Waals surface area contributed by atoms with Crippen LogP contribution >= 0.6 is 11.3 Å². The van der Waals surface area contributed by atoms with Gasteiger partial charge in [0.1, 0.15) is 0 Å². The lowest BCUT2D eigenvalue weighted by Gasteiger charge is -2.19. The van der Waals surface area contributed by atoms with Crippen molar-refractivity contribution >= 4 is 43.2 Å². The Labute approximate surface area is 208 Å². The lowest BCUT2D eigenvalue weighted by molar-refractivity contribution is 0.0998. The fourth-order valence-electron chi connectivity index (χ4n) is 4.45. The van der Waals surface area contributed by atoms with E-state index in [-0.39, 0.29) is 4.90 Å². The summed E-state index contributed by atoms with van der Waals surface area (Å²) < 4.78 is 30.8. The van der Waals surface area contributed by atoms with Crippen molar-refractivity contribution in [1.29, 1.82) is 0 Å². The number of aromatic nitrogens is 1. The van der Waals surface area contributed by atoms with Gasteiger partial charge in [0.2, 0.25) is 0 Å². The fraction of sp³-hybridized carbons (Fsp3) is 0.185. The summed E-state index contributed by atoms with van der Waals surface area (Å²) in [6, 6.07) is 17.6. The Hall–Kier alpha value is -3.67. The van der Waals surface area contributed by atoms with Crippen LogP contribution in [0.2, 0.25) is 0 Å². The maximum atomic E-state index is 13.2. The molecule has 0 unspecified atom stereocenters. The highest BCUT2D eigenvalue weighted by Gasteiger charge is 2.30. The molecule has 176 valence electrons. The van der Waals surface area contributed by atoms with Crippen molar-refractivity contribution in [3.8, 4) is 12.3 Å². The van der Waals surface area contributed by atoms with Crippen molar-refractivity contribution in [3.63, 3.8) is 0 Å². The maximum Gasteiger partial charge on any atom is 0.279 e. The molecule has 0 radical (unpaired) electrons. The average Bonchev–Trinajstić information content (AvgIpc) is 3.42. The minimum atomic E-state index is -3.73. The molecule has 0 atom stereocenters. The smallest absolute Gasteiger partial charge is 0.279 e. The van der Waals surface area contributed by atoms with Crippen LogP contribution in [0.15, 0.2) is 70.6 Å². The van der Waals surface area contributed by atoms with Gasteiger partial charge in [-0.2, -0.15) is 4.99 Å². The predicted octanol–water partition coefficient (Wildman–Crippen LogP) is 4.45. The molecule has 2 heterocycles. The number of hydrogen-bond acceptors (Lipinski definition) is 4. The van der Waals surface area contributed by atoms with Crippen molar-refractivity contribution in [1.82, 2.24) is 4.57 Å². The standard InChI is InChI=1S/C27H23N3O3S2/c1-4-14-29-24-17-18(2)16-19(3)25(24)34-27(29)28-26(31)21-9-11-22(12-10-21)35(32,33)30-15-13-20-7-5-6-8-23(20)30/h1,5-12,16-17H,13-15H2,2-3H3. The highest BCUT2D eigenvalue weighted by molar-refractivity contribution is 7.92. The molecule has 6 nitrogen and oxygen atoms in total. The second-order valence-electron chi connectivity index (χ2n) is 8.50. The van der Waals surface area contributed by atoms with E-state index in [1.165, 1.54) is 39.9 Å². The predicted molar refractivity (Wildman–Crippen MR) is 139 cm³/mol. The zero-order valence-electron chi connectivity index (χ0n) is 19.4. The van der Waals surface area contributed by atoms with Crippen molar-refractivity contribution in [3.05, 3.63) is 87.7 Å². The van der Waals surface area contributed by atoms with E-state index in [1.54, 1.807) is 0 Å². The fourth-order valence-corrected chi connectivity index (χ4v) is 7.03. The summed E-state index contributed by atoms with van der Waals surface area (Å²) in [5, 5.41) is 0. The number of amides is 1. The molecule has 4 aromatic rings. The SMILES string of the molecule is C#CCn1c(=NC(=O)c2ccc(S(=O)(=O)N3CCc4ccccc43)cc2)sc2c(C)cc(C)cc21. The van der Waals surface area contributed by atoms with Crippen LogP contribution in [0.3, 0.4) is 0 Å². The third kappa shape index (κ3) is 4.07. The van der Waals surface area contributed by atoms with E-state index in [4.69, 9.17) is 6.42 Å². The van der Waals surface area contributed by atoms with Crippen LogP contribution in [0.25, 0.3) is 10.2 Å². The Morgan fingerprint density at radius 1 is 1.11 bits per heavy atom. The molecular weight excluding hydrogens is 478 g/mol. The lowest BCUT2D eigenvalue weighted by atomic mass is 10.1. The molecule has 0 N–H and O–H groups in total. The summed E-state index contributed by atoms with van der Waals surface area (Å²) in [5.74, 6) is 2.19. The molecule has 0 bridgehead atoms. The molecule has 3 aromatic carbocycles. The van der Waals surface area contributed by atoms with Gasteiger partial charge in [-0.3, -0.25) is 9.10 Å². The number of aryl methyl sites for hydroxylation is 2. The Balaban J connectivity index is 1.49. The topological polar surface area (TPSA) is 71.7 Å². The summed E-state index contributed by atoms with van der Waals surface area (Å²) in [6.45, 7) is 4.74. The Kier molecular flexibility index (Phi) is 5.83. The minimum Gasteiger partial charge on any atom is -0.305 e. The van der Waals surface area contributed by atoms with Crippen molar-refractivity contribution in [2.24, 2.45) is 4.99 Å². The number of carbonyl (C=O) groups excluding carboxylic acids is 1. The van der Waals surface area contributed by atoms with Gasteiger partial charge in [0.05, 0.1) is 27.3 Å². The summed E-state index contributed by atoms with van der Waals surface area (Å²) in [4.78, 5) is 18.0. The van der Waals surface area contributed by atoms with Gasteiger partial charge in [0.25, 0.3) is 15.9 Å². The molecule has 1 aliphatic rings. The molecule has 1 aliphatic heterocycles. The zero-order valence-corrected chi connectivity index (χ0v) is 21.0. The van der Waals surface area contributed by atoms with Crippen LogP contribution < -0.4 is 9.11 Å². The molecule has 0 fully saturated rings. The summed E-state index contributed by atoms with van der Waals surface area (Å²) in [7, 11) is -3.73. The van der Waals surface area contributed by atoms with Crippen LogP contribution in [-0.2, 0) is 23.0 Å². The van der Waals surface area contributed by atoms with Gasteiger partial charge in [0.15, 0.2) is 4.80 Å². The lowest BCUT2D eigenvalue weighted by Crippen LogP contribution is -2.29. The second-order valence-corrected chi connectivity index (χ2v) is 11.3. The third-order valence-electron chi connectivity index (χ3n) is 6.09. The number of terminal acetylenes is 1. The molecule has 5 rings (SSSR count). The Morgan fingerprint density at radius 2 is 1.86 bits per heavy atom. The molecule has 35 heavy (non-hydrogen) atoms. The largest absolute Gasteiger partial charge is 0.305 e. The number of anilines is 1. The monoisotopic (exact) mass is 501 g/mol. The number of carbonyl (C=O) groups is 1. The van der Waals surface area contributed by atoms with Crippen LogP contribution in [-0.4, -0.2) is 25.4 Å². The van der Waals surface area contributed by atoms with E-state index in [2.05, 4.69) is 17.0 Å². The van der Waals surface area contributed by atoms with Gasteiger partial charge in [-0.1, -0.05) is 41.5 Å². The summed E-state index contributed by atoms with van der Waals surface area (Å²) in [6.07, 6.45) is 6.26. The minimum absolute atomic E-state index is 0.140. The molecule has 0 aliphatic carbocycles. The van der Waals surface area contributed by atoms with E-state index in [0.717, 1.165) is 26.9 Å². The number of sulfonamides is 1. The van der Waals surface area contributed by atoms with Crippen LogP contribution in [0.4, 0.5) is 5.69 Å². The van der Waals surface area contributed by atoms with Crippen molar-refractivity contribution in [2.75, 3.05) is 10.8 Å². The first-order chi connectivity index (χ1) is 16.8. The third-order valence-corrected chi connectivity index (χ3v) is 9.15. The maximum absolute atomic E-state index is 13.2. The quantitative estimate of drug-likeness (QED) is 0.388. The molecular formula is C27H23N3O3S2. The van der Waals surface area contributed by atoms with E-state index in [1.807, 2.05) is 48.7 Å². The van der Waals surface area contributed by atoms with E-state index < -0.39 is 15.9 Å². The molecule has 8 heteroatoms. The Morgan fingerprint density at radius 3 is 2.60 bits per heavy atom.